The first kappa shape index (κ1) is 14.4. The van der Waals surface area contributed by atoms with Crippen molar-refractivity contribution in [3.05, 3.63) is 57.8 Å². The number of ketones is 1. The third kappa shape index (κ3) is 2.50. The van der Waals surface area contributed by atoms with Gasteiger partial charge in [0.2, 0.25) is 0 Å². The molecule has 0 radical (unpaired) electrons. The molecule has 2 rings (SSSR count). The first-order chi connectivity index (χ1) is 9.60. The molecule has 4 heteroatoms. The van der Waals surface area contributed by atoms with Crippen LogP contribution >= 0.6 is 11.8 Å². The maximum absolute atomic E-state index is 12.0. The summed E-state index contributed by atoms with van der Waals surface area (Å²) in [6.45, 7) is 3.44. The average Bonchev–Trinajstić information content (AvgIpc) is 2.46. The zero-order valence-electron chi connectivity index (χ0n) is 11.7. The average molecular weight is 284 g/mol. The van der Waals surface area contributed by atoms with Gasteiger partial charge < -0.3 is 5.32 Å². The summed E-state index contributed by atoms with van der Waals surface area (Å²) >= 11 is 1.49. The number of nitrogens with one attached hydrogen (secondary N) is 1. The second kappa shape index (κ2) is 5.98. The van der Waals surface area contributed by atoms with Gasteiger partial charge in [0.1, 0.15) is 0 Å². The number of hydrogen-bond donors (Lipinski definition) is 1. The summed E-state index contributed by atoms with van der Waals surface area (Å²) in [5.41, 5.74) is 3.08. The number of thioether (sulfide) groups is 1. The molecule has 0 bridgehead atoms. The molecule has 1 heterocycles. The van der Waals surface area contributed by atoms with E-state index >= 15 is 0 Å². The molecule has 0 unspecified atom stereocenters. The number of nitrogens with zero attached hydrogens (tertiary/aromatic N) is 1. The number of dihydropyridines is 1. The van der Waals surface area contributed by atoms with E-state index in [2.05, 4.69) is 11.4 Å². The fourth-order valence-corrected chi connectivity index (χ4v) is 3.16. The molecule has 102 valence electrons. The summed E-state index contributed by atoms with van der Waals surface area (Å²) in [4.78, 5) is 12.0. The highest BCUT2D eigenvalue weighted by molar-refractivity contribution is 8.02. The van der Waals surface area contributed by atoms with Crippen molar-refractivity contribution in [3.8, 4) is 6.07 Å². The normalized spacial score (nSPS) is 18.6. The lowest BCUT2D eigenvalue weighted by atomic mass is 9.81. The van der Waals surface area contributed by atoms with Crippen LogP contribution in [0.1, 0.15) is 25.3 Å². The molecule has 1 N–H and O–H groups in total. The number of allylic oxidation sites excluding steroid dienone is 3. The van der Waals surface area contributed by atoms with Crippen molar-refractivity contribution < 1.29 is 4.79 Å². The molecule has 0 spiro atoms. The Kier molecular flexibility index (Phi) is 4.31. The zero-order valence-corrected chi connectivity index (χ0v) is 12.5. The molecule has 1 aliphatic rings. The minimum atomic E-state index is -0.276. The van der Waals surface area contributed by atoms with Gasteiger partial charge in [-0.3, -0.25) is 4.79 Å². The third-order valence-corrected chi connectivity index (χ3v) is 4.09. The molecule has 3 nitrogen and oxygen atoms in total. The molecule has 1 aromatic carbocycles. The molecule has 1 atom stereocenters. The number of benzene rings is 1. The Balaban J connectivity index is 2.66. The molecule has 1 aliphatic heterocycles. The highest BCUT2D eigenvalue weighted by Gasteiger charge is 2.32. The predicted octanol–water partition coefficient (Wildman–Crippen LogP) is 3.33. The van der Waals surface area contributed by atoms with E-state index in [9.17, 15) is 10.1 Å². The van der Waals surface area contributed by atoms with E-state index < -0.39 is 0 Å². The van der Waals surface area contributed by atoms with Gasteiger partial charge in [0, 0.05) is 11.3 Å². The van der Waals surface area contributed by atoms with Crippen molar-refractivity contribution in [2.45, 2.75) is 19.8 Å². The molecule has 0 fully saturated rings. The number of carbonyl (C=O) groups excluding carboxylic acids is 1. The van der Waals surface area contributed by atoms with Gasteiger partial charge in [-0.15, -0.1) is 11.8 Å². The number of rotatable bonds is 3. The first-order valence-electron chi connectivity index (χ1n) is 6.32. The van der Waals surface area contributed by atoms with Gasteiger partial charge in [0.05, 0.1) is 22.6 Å². The molecule has 0 saturated heterocycles. The van der Waals surface area contributed by atoms with Crippen LogP contribution in [0.3, 0.4) is 0 Å². The SMILES string of the molecule is CSC1=C(C#N)[C@@H](c2ccccc2)C(C(C)=O)=C(C)N1. The van der Waals surface area contributed by atoms with Gasteiger partial charge in [-0.1, -0.05) is 30.3 Å². The fourth-order valence-electron chi connectivity index (χ4n) is 2.52. The third-order valence-electron chi connectivity index (χ3n) is 3.36. The number of Topliss-reactive ketones (excluding diaryl/α,β-unsaturated/α-hetero) is 1. The van der Waals surface area contributed by atoms with Crippen LogP contribution in [0.2, 0.25) is 0 Å². The second-order valence-electron chi connectivity index (χ2n) is 4.62. The molecule has 1 aromatic rings. The van der Waals surface area contributed by atoms with Gasteiger partial charge in [-0.2, -0.15) is 5.26 Å². The van der Waals surface area contributed by atoms with Gasteiger partial charge >= 0.3 is 0 Å². The first-order valence-corrected chi connectivity index (χ1v) is 7.54. The monoisotopic (exact) mass is 284 g/mol. The molecule has 0 aliphatic carbocycles. The minimum absolute atomic E-state index is 0.00300. The van der Waals surface area contributed by atoms with E-state index in [1.165, 1.54) is 11.8 Å². The van der Waals surface area contributed by atoms with Crippen LogP contribution in [0.5, 0.6) is 0 Å². The van der Waals surface area contributed by atoms with E-state index in [0.717, 1.165) is 16.3 Å². The smallest absolute Gasteiger partial charge is 0.158 e. The van der Waals surface area contributed by atoms with Crippen LogP contribution in [0.15, 0.2) is 52.2 Å². The molecule has 0 aromatic heterocycles. The Morgan fingerprint density at radius 3 is 2.50 bits per heavy atom. The van der Waals surface area contributed by atoms with Gasteiger partial charge in [0.15, 0.2) is 5.78 Å². The lowest BCUT2D eigenvalue weighted by Gasteiger charge is -2.28. The molecule has 20 heavy (non-hydrogen) atoms. The topological polar surface area (TPSA) is 52.9 Å². The summed E-state index contributed by atoms with van der Waals surface area (Å²) in [7, 11) is 0. The number of nitriles is 1. The van der Waals surface area contributed by atoms with Crippen LogP contribution < -0.4 is 5.32 Å². The van der Waals surface area contributed by atoms with Crippen molar-refractivity contribution in [1.29, 1.82) is 5.26 Å². The quantitative estimate of drug-likeness (QED) is 0.925. The van der Waals surface area contributed by atoms with Crippen LogP contribution in [0.4, 0.5) is 0 Å². The summed E-state index contributed by atoms with van der Waals surface area (Å²) in [6.07, 6.45) is 1.92. The van der Waals surface area contributed by atoms with Crippen molar-refractivity contribution >= 4 is 17.5 Å². The van der Waals surface area contributed by atoms with Crippen molar-refractivity contribution in [2.24, 2.45) is 0 Å². The van der Waals surface area contributed by atoms with E-state index in [1.807, 2.05) is 43.5 Å². The van der Waals surface area contributed by atoms with Crippen molar-refractivity contribution in [1.82, 2.24) is 5.32 Å². The number of carbonyl (C=O) groups is 1. The Labute approximate surface area is 123 Å². The maximum Gasteiger partial charge on any atom is 0.158 e. The van der Waals surface area contributed by atoms with E-state index in [-0.39, 0.29) is 11.7 Å². The van der Waals surface area contributed by atoms with Gasteiger partial charge in [-0.05, 0) is 25.7 Å². The summed E-state index contributed by atoms with van der Waals surface area (Å²) < 4.78 is 0. The lowest BCUT2D eigenvalue weighted by Crippen LogP contribution is -2.26. The largest absolute Gasteiger partial charge is 0.353 e. The zero-order chi connectivity index (χ0) is 14.7. The van der Waals surface area contributed by atoms with Crippen LogP contribution in [0.25, 0.3) is 0 Å². The van der Waals surface area contributed by atoms with Crippen LogP contribution in [-0.4, -0.2) is 12.0 Å². The van der Waals surface area contributed by atoms with Gasteiger partial charge in [-0.25, -0.2) is 0 Å². The fraction of sp³-hybridized carbons (Fsp3) is 0.250. The Hall–Kier alpha value is -1.99. The van der Waals surface area contributed by atoms with Crippen molar-refractivity contribution in [2.75, 3.05) is 6.26 Å². The summed E-state index contributed by atoms with van der Waals surface area (Å²) in [6, 6.07) is 12.0. The Bertz CT molecular complexity index is 638. The highest BCUT2D eigenvalue weighted by Crippen LogP contribution is 2.39. The summed E-state index contributed by atoms with van der Waals surface area (Å²) in [5.74, 6) is -0.279. The molecule has 0 amide bonds. The lowest BCUT2D eigenvalue weighted by molar-refractivity contribution is -0.113. The minimum Gasteiger partial charge on any atom is -0.353 e. The highest BCUT2D eigenvalue weighted by atomic mass is 32.2. The van der Waals surface area contributed by atoms with E-state index in [0.29, 0.717) is 11.1 Å². The van der Waals surface area contributed by atoms with E-state index in [1.54, 1.807) is 6.92 Å². The Morgan fingerprint density at radius 2 is 2.00 bits per heavy atom. The summed E-state index contributed by atoms with van der Waals surface area (Å²) in [5, 5.41) is 13.5. The Morgan fingerprint density at radius 1 is 1.35 bits per heavy atom. The molecule has 0 saturated carbocycles. The maximum atomic E-state index is 12.0. The van der Waals surface area contributed by atoms with Crippen LogP contribution in [0, 0.1) is 11.3 Å². The van der Waals surface area contributed by atoms with Gasteiger partial charge in [0.25, 0.3) is 0 Å². The standard InChI is InChI=1S/C16H16N2OS/c1-10-14(11(2)19)15(12-7-5-4-6-8-12)13(9-17)16(18-10)20-3/h4-8,15,18H,1-3H3/t15-/m1/s1. The predicted molar refractivity (Wildman–Crippen MR) is 81.9 cm³/mol. The molecular weight excluding hydrogens is 268 g/mol. The number of hydrogen-bond acceptors (Lipinski definition) is 4. The second-order valence-corrected chi connectivity index (χ2v) is 5.44. The van der Waals surface area contributed by atoms with Crippen LogP contribution in [-0.2, 0) is 4.79 Å². The van der Waals surface area contributed by atoms with Crippen molar-refractivity contribution in [3.63, 3.8) is 0 Å². The molecular formula is C16H16N2OS. The van der Waals surface area contributed by atoms with E-state index in [4.69, 9.17) is 0 Å².